The molecule has 0 saturated carbocycles. The van der Waals surface area contributed by atoms with Crippen molar-refractivity contribution < 1.29 is 37.2 Å². The van der Waals surface area contributed by atoms with E-state index in [1.165, 1.54) is 18.3 Å². The van der Waals surface area contributed by atoms with Crippen LogP contribution in [0.3, 0.4) is 0 Å². The second kappa shape index (κ2) is 15.7. The molecule has 0 aliphatic carbocycles. The lowest BCUT2D eigenvalue weighted by molar-refractivity contribution is -0.136. The fraction of sp³-hybridized carbons (Fsp3) is 0.405. The molecule has 2 aromatic carbocycles. The number of imide groups is 2. The fourth-order valence-corrected chi connectivity index (χ4v) is 8.12. The Bertz CT molecular complexity index is 2210. The first-order valence-corrected chi connectivity index (χ1v) is 20.2. The Morgan fingerprint density at radius 3 is 2.38 bits per heavy atom. The van der Waals surface area contributed by atoms with Crippen LogP contribution in [-0.4, -0.2) is 127 Å². The summed E-state index contributed by atoms with van der Waals surface area (Å²) < 4.78 is 23.7. The molecule has 7 rings (SSSR count). The van der Waals surface area contributed by atoms with Gasteiger partial charge in [-0.25, -0.2) is 23.2 Å². The van der Waals surface area contributed by atoms with Crippen molar-refractivity contribution >= 4 is 62.7 Å². The number of benzene rings is 2. The summed E-state index contributed by atoms with van der Waals surface area (Å²) in [6.45, 7) is 4.48. The summed E-state index contributed by atoms with van der Waals surface area (Å²) in [5, 5.41) is 8.32. The number of aromatic nitrogens is 2. The van der Waals surface area contributed by atoms with Gasteiger partial charge in [-0.05, 0) is 67.1 Å². The van der Waals surface area contributed by atoms with Crippen LogP contribution in [0.25, 0.3) is 0 Å². The number of nitrogens with one attached hydrogen (secondary N) is 3. The minimum Gasteiger partial charge on any atom is -0.364 e. The number of carbonyl (C=O) groups is 6. The molecule has 3 aromatic rings. The Balaban J connectivity index is 0.897. The van der Waals surface area contributed by atoms with Crippen molar-refractivity contribution in [3.63, 3.8) is 0 Å². The number of hydrogen-bond donors (Lipinski definition) is 4. The van der Waals surface area contributed by atoms with Gasteiger partial charge in [-0.3, -0.25) is 39.1 Å². The van der Waals surface area contributed by atoms with Crippen molar-refractivity contribution in [2.75, 3.05) is 62.3 Å². The zero-order valence-electron chi connectivity index (χ0n) is 30.7. The van der Waals surface area contributed by atoms with Gasteiger partial charge in [0, 0.05) is 70.7 Å². The number of piperidine rings is 2. The highest BCUT2D eigenvalue weighted by Gasteiger charge is 2.44. The van der Waals surface area contributed by atoms with E-state index in [9.17, 15) is 37.2 Å². The zero-order valence-corrected chi connectivity index (χ0v) is 31.5. The van der Waals surface area contributed by atoms with Gasteiger partial charge in [0.25, 0.3) is 17.7 Å². The van der Waals surface area contributed by atoms with Crippen LogP contribution < -0.4 is 26.6 Å². The molecule has 4 aliphatic rings. The summed E-state index contributed by atoms with van der Waals surface area (Å²) in [6.07, 6.45) is 4.52. The molecular weight excluding hydrogens is 745 g/mol. The van der Waals surface area contributed by atoms with Gasteiger partial charge in [0.1, 0.15) is 11.9 Å². The number of rotatable bonds is 10. The van der Waals surface area contributed by atoms with E-state index >= 15 is 0 Å². The molecule has 0 spiro atoms. The van der Waals surface area contributed by atoms with Gasteiger partial charge in [-0.15, -0.1) is 0 Å². The molecule has 0 radical (unpaired) electrons. The van der Waals surface area contributed by atoms with Crippen LogP contribution >= 0.6 is 0 Å². The number of anilines is 3. The highest BCUT2D eigenvalue weighted by molar-refractivity contribution is 7.90. The first kappa shape index (κ1) is 38.3. The molecule has 5 N–H and O–H groups in total. The standard InChI is InChI=1S/C37H42N10O8S/c1-56(54,55)25-7-5-24(6-8-25)41-33-31(32(38)49)39-19-29(42-33)46-12-2-3-23(21-46)18-40-37(53)45-15-13-44(14-16-45)20-22-4-9-26-27(17-22)36(52)47(35(26)51)28-10-11-30(48)43-34(28)50/h4-9,17,19,23,28H,2-3,10-16,18,20-21H2,1H3,(H2,38,49)(H,40,53)(H,41,42)(H,43,48,50)/t23-,28?/m0/s1. The second-order valence-electron chi connectivity index (χ2n) is 14.4. The van der Waals surface area contributed by atoms with Gasteiger partial charge in [0.15, 0.2) is 21.3 Å². The van der Waals surface area contributed by atoms with Crippen LogP contribution in [0.1, 0.15) is 62.5 Å². The Morgan fingerprint density at radius 2 is 1.68 bits per heavy atom. The maximum Gasteiger partial charge on any atom is 0.317 e. The fourth-order valence-electron chi connectivity index (χ4n) is 7.49. The molecule has 7 amide bonds. The van der Waals surface area contributed by atoms with Crippen molar-refractivity contribution in [2.24, 2.45) is 11.7 Å². The number of hydrogen-bond acceptors (Lipinski definition) is 13. The van der Waals surface area contributed by atoms with E-state index < -0.39 is 45.4 Å². The van der Waals surface area contributed by atoms with Gasteiger partial charge < -0.3 is 26.2 Å². The lowest BCUT2D eigenvalue weighted by Crippen LogP contribution is -2.54. The number of carbonyl (C=O) groups excluding carboxylic acids is 6. The molecule has 2 atom stereocenters. The maximum atomic E-state index is 13.2. The monoisotopic (exact) mass is 786 g/mol. The van der Waals surface area contributed by atoms with Gasteiger partial charge in [0.05, 0.1) is 22.2 Å². The van der Waals surface area contributed by atoms with Crippen LogP contribution in [-0.2, 0) is 26.0 Å². The first-order valence-electron chi connectivity index (χ1n) is 18.3. The van der Waals surface area contributed by atoms with Crippen LogP contribution in [0.4, 0.5) is 22.1 Å². The predicted molar refractivity (Wildman–Crippen MR) is 202 cm³/mol. The van der Waals surface area contributed by atoms with Crippen LogP contribution in [0.15, 0.2) is 53.6 Å². The third kappa shape index (κ3) is 8.18. The lowest BCUT2D eigenvalue weighted by Gasteiger charge is -2.36. The van der Waals surface area contributed by atoms with Gasteiger partial charge in [0.2, 0.25) is 11.8 Å². The molecule has 56 heavy (non-hydrogen) atoms. The van der Waals surface area contributed by atoms with Crippen molar-refractivity contribution in [3.05, 3.63) is 71.0 Å². The Kier molecular flexibility index (Phi) is 10.7. The maximum absolute atomic E-state index is 13.2. The summed E-state index contributed by atoms with van der Waals surface area (Å²) in [6, 6.07) is 9.95. The summed E-state index contributed by atoms with van der Waals surface area (Å²) in [7, 11) is -3.38. The average Bonchev–Trinajstić information content (AvgIpc) is 3.42. The van der Waals surface area contributed by atoms with Gasteiger partial charge in [-0.1, -0.05) is 6.07 Å². The molecule has 4 aliphatic heterocycles. The SMILES string of the molecule is CS(=O)(=O)c1ccc(Nc2nc(N3CCC[C@@H](CNC(=O)N4CCN(Cc5ccc6c(c5)C(=O)N(C5CCC(=O)NC5=O)C6=O)CC4)C3)cnc2C(N)=O)cc1. The Labute approximate surface area is 322 Å². The number of piperazine rings is 1. The van der Waals surface area contributed by atoms with E-state index in [0.717, 1.165) is 29.6 Å². The minimum atomic E-state index is -3.38. The quantitative estimate of drug-likeness (QED) is 0.209. The Morgan fingerprint density at radius 1 is 0.946 bits per heavy atom. The summed E-state index contributed by atoms with van der Waals surface area (Å²) in [5.41, 5.74) is 7.32. The van der Waals surface area contributed by atoms with Crippen molar-refractivity contribution in [3.8, 4) is 0 Å². The number of urea groups is 1. The number of amides is 7. The molecular formula is C37H42N10O8S. The molecule has 1 aromatic heterocycles. The summed E-state index contributed by atoms with van der Waals surface area (Å²) >= 11 is 0. The largest absolute Gasteiger partial charge is 0.364 e. The number of nitrogens with two attached hydrogens (primary N) is 1. The van der Waals surface area contributed by atoms with E-state index in [4.69, 9.17) is 5.73 Å². The molecule has 1 unspecified atom stereocenters. The molecule has 5 heterocycles. The lowest BCUT2D eigenvalue weighted by atomic mass is 9.98. The zero-order chi connectivity index (χ0) is 39.7. The van der Waals surface area contributed by atoms with E-state index in [2.05, 4.69) is 30.8 Å². The van der Waals surface area contributed by atoms with Crippen LogP contribution in [0, 0.1) is 5.92 Å². The second-order valence-corrected chi connectivity index (χ2v) is 16.5. The number of primary amides is 1. The van der Waals surface area contributed by atoms with E-state index in [0.29, 0.717) is 63.9 Å². The molecule has 3 saturated heterocycles. The smallest absolute Gasteiger partial charge is 0.317 e. The van der Waals surface area contributed by atoms with Crippen LogP contribution in [0.5, 0.6) is 0 Å². The molecule has 0 bridgehead atoms. The van der Waals surface area contributed by atoms with Crippen molar-refractivity contribution in [1.82, 2.24) is 35.3 Å². The first-order chi connectivity index (χ1) is 26.7. The third-order valence-corrected chi connectivity index (χ3v) is 11.6. The number of fused-ring (bicyclic) bond motifs is 1. The normalized spacial score (nSPS) is 20.5. The van der Waals surface area contributed by atoms with E-state index in [1.54, 1.807) is 35.2 Å². The topological polar surface area (TPSA) is 237 Å². The summed E-state index contributed by atoms with van der Waals surface area (Å²) in [4.78, 5) is 91.6. The number of nitrogens with zero attached hydrogens (tertiary/aromatic N) is 6. The van der Waals surface area contributed by atoms with Gasteiger partial charge in [-0.2, -0.15) is 0 Å². The average molecular weight is 787 g/mol. The molecule has 19 heteroatoms. The molecule has 3 fully saturated rings. The highest BCUT2D eigenvalue weighted by atomic mass is 32.2. The predicted octanol–water partition coefficient (Wildman–Crippen LogP) is 0.868. The molecule has 294 valence electrons. The third-order valence-electron chi connectivity index (χ3n) is 10.5. The van der Waals surface area contributed by atoms with Crippen LogP contribution in [0.2, 0.25) is 0 Å². The summed E-state index contributed by atoms with van der Waals surface area (Å²) in [5.74, 6) is -2.12. The van der Waals surface area contributed by atoms with Gasteiger partial charge >= 0.3 is 6.03 Å². The molecule has 18 nitrogen and oxygen atoms in total. The number of sulfone groups is 1. The van der Waals surface area contributed by atoms with Crippen molar-refractivity contribution in [2.45, 2.75) is 43.2 Å². The van der Waals surface area contributed by atoms with Crippen molar-refractivity contribution in [1.29, 1.82) is 0 Å². The highest BCUT2D eigenvalue weighted by Crippen LogP contribution is 2.29. The Hall–Kier alpha value is -5.95. The van der Waals surface area contributed by atoms with E-state index in [1.807, 2.05) is 4.90 Å². The van der Waals surface area contributed by atoms with E-state index in [-0.39, 0.29) is 52.3 Å². The minimum absolute atomic E-state index is 0.0553.